The average molecular weight is 437 g/mol. The summed E-state index contributed by atoms with van der Waals surface area (Å²) >= 11 is 0. The molecule has 1 aliphatic carbocycles. The van der Waals surface area contributed by atoms with Crippen molar-refractivity contribution in [2.75, 3.05) is 5.32 Å². The number of ketones is 1. The lowest BCUT2D eigenvalue weighted by molar-refractivity contribution is -0.118. The van der Waals surface area contributed by atoms with Crippen molar-refractivity contribution in [1.29, 1.82) is 0 Å². The van der Waals surface area contributed by atoms with Crippen LogP contribution in [0.5, 0.6) is 0 Å². The first-order valence-electron chi connectivity index (χ1n) is 10.6. The number of aryl methyl sites for hydroxylation is 1. The van der Waals surface area contributed by atoms with Crippen LogP contribution in [-0.2, 0) is 9.59 Å². The number of Topliss-reactive ketones (excluding diaryl/α,β-unsaturated/α-hetero) is 1. The molecular formula is C26H26F2N2O2. The Kier molecular flexibility index (Phi) is 5.49. The minimum Gasteiger partial charge on any atom is -0.362 e. The van der Waals surface area contributed by atoms with Gasteiger partial charge in [0, 0.05) is 40.6 Å². The summed E-state index contributed by atoms with van der Waals surface area (Å²) in [6.45, 7) is 7.69. The molecule has 4 rings (SSSR count). The van der Waals surface area contributed by atoms with Crippen LogP contribution in [0.4, 0.5) is 14.5 Å². The summed E-state index contributed by atoms with van der Waals surface area (Å²) in [4.78, 5) is 26.7. The molecule has 1 amide bonds. The predicted molar refractivity (Wildman–Crippen MR) is 120 cm³/mol. The number of carbonyl (C=O) groups excluding carboxylic acids is 2. The third-order valence-corrected chi connectivity index (χ3v) is 6.15. The number of allylic oxidation sites excluding steroid dienone is 3. The van der Waals surface area contributed by atoms with Crippen LogP contribution in [-0.4, -0.2) is 11.7 Å². The summed E-state index contributed by atoms with van der Waals surface area (Å²) in [5, 5.41) is 6.20. The normalized spacial score (nSPS) is 20.1. The van der Waals surface area contributed by atoms with E-state index in [2.05, 4.69) is 10.6 Å². The molecule has 0 fully saturated rings. The van der Waals surface area contributed by atoms with Crippen LogP contribution in [0.2, 0.25) is 0 Å². The van der Waals surface area contributed by atoms with E-state index in [0.29, 0.717) is 40.9 Å². The number of dihydropyridines is 1. The Hall–Kier alpha value is -3.28. The number of para-hydroxylation sites is 1. The molecule has 0 bridgehead atoms. The average Bonchev–Trinajstić information content (AvgIpc) is 2.69. The molecule has 1 aliphatic heterocycles. The second kappa shape index (κ2) is 8.01. The van der Waals surface area contributed by atoms with E-state index in [1.165, 1.54) is 6.07 Å². The van der Waals surface area contributed by atoms with E-state index in [4.69, 9.17) is 0 Å². The van der Waals surface area contributed by atoms with Crippen molar-refractivity contribution >= 4 is 17.4 Å². The van der Waals surface area contributed by atoms with Crippen LogP contribution in [0.1, 0.15) is 50.7 Å². The molecule has 2 aromatic rings. The summed E-state index contributed by atoms with van der Waals surface area (Å²) in [7, 11) is 0. The molecule has 1 heterocycles. The molecule has 32 heavy (non-hydrogen) atoms. The molecule has 0 saturated carbocycles. The lowest BCUT2D eigenvalue weighted by Gasteiger charge is -2.39. The highest BCUT2D eigenvalue weighted by atomic mass is 19.2. The number of rotatable bonds is 3. The number of halogens is 2. The van der Waals surface area contributed by atoms with Crippen molar-refractivity contribution in [1.82, 2.24) is 5.32 Å². The monoisotopic (exact) mass is 436 g/mol. The lowest BCUT2D eigenvalue weighted by atomic mass is 9.68. The number of carbonyl (C=O) groups is 2. The van der Waals surface area contributed by atoms with Crippen LogP contribution in [0.15, 0.2) is 65.0 Å². The molecule has 0 spiro atoms. The smallest absolute Gasteiger partial charge is 0.254 e. The van der Waals surface area contributed by atoms with E-state index in [1.54, 1.807) is 13.0 Å². The third-order valence-electron chi connectivity index (χ3n) is 6.15. The van der Waals surface area contributed by atoms with Gasteiger partial charge in [0.2, 0.25) is 0 Å². The van der Waals surface area contributed by atoms with Crippen LogP contribution >= 0.6 is 0 Å². The van der Waals surface area contributed by atoms with Gasteiger partial charge in [-0.2, -0.15) is 0 Å². The van der Waals surface area contributed by atoms with E-state index >= 15 is 0 Å². The lowest BCUT2D eigenvalue weighted by Crippen LogP contribution is -2.39. The fourth-order valence-electron chi connectivity index (χ4n) is 4.67. The van der Waals surface area contributed by atoms with Crippen molar-refractivity contribution in [3.63, 3.8) is 0 Å². The molecule has 6 heteroatoms. The van der Waals surface area contributed by atoms with Gasteiger partial charge < -0.3 is 10.6 Å². The molecule has 0 radical (unpaired) electrons. The van der Waals surface area contributed by atoms with Gasteiger partial charge in [-0.25, -0.2) is 8.78 Å². The molecule has 2 N–H and O–H groups in total. The molecule has 166 valence electrons. The minimum absolute atomic E-state index is 0.0906. The third kappa shape index (κ3) is 3.97. The van der Waals surface area contributed by atoms with Crippen molar-refractivity contribution in [2.24, 2.45) is 5.41 Å². The van der Waals surface area contributed by atoms with E-state index in [0.717, 1.165) is 23.4 Å². The van der Waals surface area contributed by atoms with Gasteiger partial charge in [-0.1, -0.05) is 38.1 Å². The zero-order valence-electron chi connectivity index (χ0n) is 18.6. The zero-order valence-corrected chi connectivity index (χ0v) is 18.6. The Balaban J connectivity index is 1.84. The molecule has 2 aromatic carbocycles. The molecule has 4 nitrogen and oxygen atoms in total. The van der Waals surface area contributed by atoms with Crippen LogP contribution < -0.4 is 10.6 Å². The summed E-state index contributed by atoms with van der Waals surface area (Å²) in [5.41, 5.74) is 3.80. The molecule has 0 saturated heterocycles. The molecule has 2 aliphatic rings. The largest absolute Gasteiger partial charge is 0.362 e. The Morgan fingerprint density at radius 2 is 1.78 bits per heavy atom. The van der Waals surface area contributed by atoms with E-state index < -0.39 is 17.6 Å². The van der Waals surface area contributed by atoms with Gasteiger partial charge in [0.25, 0.3) is 5.91 Å². The van der Waals surface area contributed by atoms with E-state index in [-0.39, 0.29) is 17.1 Å². The summed E-state index contributed by atoms with van der Waals surface area (Å²) in [5.74, 6) is -3.24. The van der Waals surface area contributed by atoms with Crippen molar-refractivity contribution < 1.29 is 18.4 Å². The summed E-state index contributed by atoms with van der Waals surface area (Å²) < 4.78 is 27.9. The maximum absolute atomic E-state index is 14.2. The second-order valence-corrected chi connectivity index (χ2v) is 9.37. The van der Waals surface area contributed by atoms with Gasteiger partial charge >= 0.3 is 0 Å². The Labute approximate surface area is 186 Å². The predicted octanol–water partition coefficient (Wildman–Crippen LogP) is 5.52. The van der Waals surface area contributed by atoms with Crippen LogP contribution in [0.25, 0.3) is 0 Å². The fraction of sp³-hybridized carbons (Fsp3) is 0.308. The standard InChI is InChI=1S/C26H26F2N2O2/c1-14-7-5-6-8-19(14)30-25(32)22-15(2)29-20-12-26(3,4)13-21(31)24(20)23(22)16-9-10-17(27)18(28)11-16/h5-11,23,29H,12-13H2,1-4H3,(H,30,32)/t23-/m1/s1. The fourth-order valence-corrected chi connectivity index (χ4v) is 4.67. The Morgan fingerprint density at radius 1 is 1.06 bits per heavy atom. The molecular weight excluding hydrogens is 410 g/mol. The maximum atomic E-state index is 14.2. The summed E-state index contributed by atoms with van der Waals surface area (Å²) in [6, 6.07) is 10.9. The van der Waals surface area contributed by atoms with Gasteiger partial charge in [-0.15, -0.1) is 0 Å². The zero-order chi connectivity index (χ0) is 23.2. The highest BCUT2D eigenvalue weighted by molar-refractivity contribution is 6.10. The number of nitrogens with one attached hydrogen (secondary N) is 2. The van der Waals surface area contributed by atoms with Crippen molar-refractivity contribution in [2.45, 2.75) is 46.5 Å². The number of hydrogen-bond acceptors (Lipinski definition) is 3. The van der Waals surface area contributed by atoms with Gasteiger partial charge in [0.1, 0.15) is 0 Å². The number of benzene rings is 2. The SMILES string of the molecule is CC1=C(C(=O)Nc2ccccc2C)[C@@H](c2ccc(F)c(F)c2)C2=C(CC(C)(C)CC2=O)N1. The highest BCUT2D eigenvalue weighted by Crippen LogP contribution is 2.46. The van der Waals surface area contributed by atoms with Gasteiger partial charge in [0.15, 0.2) is 17.4 Å². The number of amides is 1. The number of hydrogen-bond donors (Lipinski definition) is 2. The molecule has 0 aromatic heterocycles. The van der Waals surface area contributed by atoms with Gasteiger partial charge in [0.05, 0.1) is 0 Å². The minimum atomic E-state index is -1.01. The van der Waals surface area contributed by atoms with Crippen LogP contribution in [0.3, 0.4) is 0 Å². The number of anilines is 1. The van der Waals surface area contributed by atoms with E-state index in [9.17, 15) is 18.4 Å². The topological polar surface area (TPSA) is 58.2 Å². The second-order valence-electron chi connectivity index (χ2n) is 9.37. The first kappa shape index (κ1) is 21.9. The first-order valence-corrected chi connectivity index (χ1v) is 10.6. The van der Waals surface area contributed by atoms with Crippen molar-refractivity contribution in [3.05, 3.63) is 87.8 Å². The van der Waals surface area contributed by atoms with Crippen molar-refractivity contribution in [3.8, 4) is 0 Å². The van der Waals surface area contributed by atoms with Gasteiger partial charge in [-0.3, -0.25) is 9.59 Å². The quantitative estimate of drug-likeness (QED) is 0.667. The van der Waals surface area contributed by atoms with Gasteiger partial charge in [-0.05, 0) is 55.0 Å². The maximum Gasteiger partial charge on any atom is 0.254 e. The highest BCUT2D eigenvalue weighted by Gasteiger charge is 2.42. The Bertz CT molecular complexity index is 1190. The first-order chi connectivity index (χ1) is 15.1. The van der Waals surface area contributed by atoms with E-state index in [1.807, 2.05) is 39.0 Å². The van der Waals surface area contributed by atoms with Crippen LogP contribution in [0, 0.1) is 24.0 Å². The molecule has 0 unspecified atom stereocenters. The summed E-state index contributed by atoms with van der Waals surface area (Å²) in [6.07, 6.45) is 0.942. The Morgan fingerprint density at radius 3 is 2.47 bits per heavy atom. The molecule has 1 atom stereocenters.